The van der Waals surface area contributed by atoms with Gasteiger partial charge in [0.15, 0.2) is 5.78 Å². The first-order valence-electron chi connectivity index (χ1n) is 6.30. The van der Waals surface area contributed by atoms with Crippen LogP contribution in [-0.2, 0) is 0 Å². The first kappa shape index (κ1) is 14.5. The number of rotatable bonds is 4. The summed E-state index contributed by atoms with van der Waals surface area (Å²) < 4.78 is 1.02. The maximum absolute atomic E-state index is 12.5. The Morgan fingerprint density at radius 3 is 3.00 bits per heavy atom. The van der Waals surface area contributed by atoms with E-state index in [0.29, 0.717) is 10.6 Å². The Morgan fingerprint density at radius 1 is 1.33 bits per heavy atom. The van der Waals surface area contributed by atoms with Gasteiger partial charge in [0.05, 0.1) is 15.5 Å². The summed E-state index contributed by atoms with van der Waals surface area (Å²) in [4.78, 5) is 21.0. The summed E-state index contributed by atoms with van der Waals surface area (Å²) in [5.74, 6) is 0.0471. The van der Waals surface area contributed by atoms with Gasteiger partial charge in [0.25, 0.3) is 0 Å². The molecule has 0 aliphatic rings. The second-order valence-electron chi connectivity index (χ2n) is 4.45. The minimum Gasteiger partial charge on any atom is -0.293 e. The zero-order valence-electron chi connectivity index (χ0n) is 11.1. The Hall–Kier alpha value is -1.43. The van der Waals surface area contributed by atoms with Crippen molar-refractivity contribution < 1.29 is 4.79 Å². The fraction of sp³-hybridized carbons (Fsp3) is 0.133. The molecule has 0 N–H and O–H groups in total. The van der Waals surface area contributed by atoms with Crippen molar-refractivity contribution in [1.82, 2.24) is 9.97 Å². The van der Waals surface area contributed by atoms with Crippen LogP contribution < -0.4 is 0 Å². The molecule has 0 amide bonds. The molecule has 21 heavy (non-hydrogen) atoms. The lowest BCUT2D eigenvalue weighted by atomic mass is 10.1. The molecule has 1 atom stereocenters. The number of carbonyl (C=O) groups is 1. The van der Waals surface area contributed by atoms with E-state index in [4.69, 9.17) is 11.6 Å². The van der Waals surface area contributed by atoms with Gasteiger partial charge in [-0.05, 0) is 30.5 Å². The van der Waals surface area contributed by atoms with E-state index in [1.54, 1.807) is 35.6 Å². The highest BCUT2D eigenvalue weighted by Crippen LogP contribution is 2.32. The maximum Gasteiger partial charge on any atom is 0.175 e. The van der Waals surface area contributed by atoms with E-state index in [0.717, 1.165) is 15.2 Å². The van der Waals surface area contributed by atoms with Gasteiger partial charge in [0, 0.05) is 10.6 Å². The summed E-state index contributed by atoms with van der Waals surface area (Å²) in [7, 11) is 0. The van der Waals surface area contributed by atoms with Crippen LogP contribution in [0.4, 0.5) is 0 Å². The monoisotopic (exact) mass is 334 g/mol. The van der Waals surface area contributed by atoms with Crippen molar-refractivity contribution >= 4 is 50.7 Å². The standard InChI is InChI=1S/C15H11ClN2OS2/c1-9(13(19)10-3-2-4-11(16)7-10)21-15-14-12(5-6-20-14)17-8-18-15/h2-9H,1H3/t9-/m0/s1. The largest absolute Gasteiger partial charge is 0.293 e. The summed E-state index contributed by atoms with van der Waals surface area (Å²) >= 11 is 8.98. The van der Waals surface area contributed by atoms with Gasteiger partial charge < -0.3 is 0 Å². The molecule has 0 unspecified atom stereocenters. The summed E-state index contributed by atoms with van der Waals surface area (Å²) in [6, 6.07) is 8.98. The number of nitrogens with zero attached hydrogens (tertiary/aromatic N) is 2. The molecule has 1 aromatic carbocycles. The molecule has 0 bridgehead atoms. The summed E-state index contributed by atoms with van der Waals surface area (Å²) in [5, 5.41) is 3.16. The van der Waals surface area contributed by atoms with Gasteiger partial charge >= 0.3 is 0 Å². The lowest BCUT2D eigenvalue weighted by molar-refractivity contribution is 0.0994. The zero-order chi connectivity index (χ0) is 14.8. The maximum atomic E-state index is 12.5. The number of hydrogen-bond acceptors (Lipinski definition) is 5. The van der Waals surface area contributed by atoms with Gasteiger partial charge in [-0.15, -0.1) is 11.3 Å². The van der Waals surface area contributed by atoms with Crippen LogP contribution in [0.15, 0.2) is 47.1 Å². The van der Waals surface area contributed by atoms with Gasteiger partial charge in [-0.2, -0.15) is 0 Å². The molecule has 0 radical (unpaired) electrons. The van der Waals surface area contributed by atoms with Gasteiger partial charge in [0.1, 0.15) is 11.4 Å². The van der Waals surface area contributed by atoms with Crippen molar-refractivity contribution in [3.8, 4) is 0 Å². The highest BCUT2D eigenvalue weighted by atomic mass is 35.5. The van der Waals surface area contributed by atoms with Crippen molar-refractivity contribution in [2.24, 2.45) is 0 Å². The number of ketones is 1. The fourth-order valence-corrected chi connectivity index (χ4v) is 4.05. The van der Waals surface area contributed by atoms with Crippen LogP contribution in [0, 0.1) is 0 Å². The van der Waals surface area contributed by atoms with Crippen LogP contribution in [0.1, 0.15) is 17.3 Å². The number of fused-ring (bicyclic) bond motifs is 1. The summed E-state index contributed by atoms with van der Waals surface area (Å²) in [6.45, 7) is 1.88. The third kappa shape index (κ3) is 3.10. The van der Waals surface area contributed by atoms with E-state index >= 15 is 0 Å². The lowest BCUT2D eigenvalue weighted by Gasteiger charge is -2.10. The van der Waals surface area contributed by atoms with E-state index in [-0.39, 0.29) is 11.0 Å². The molecular formula is C15H11ClN2OS2. The molecule has 3 rings (SSSR count). The van der Waals surface area contributed by atoms with E-state index in [9.17, 15) is 4.79 Å². The number of thioether (sulfide) groups is 1. The Morgan fingerprint density at radius 2 is 2.19 bits per heavy atom. The van der Waals surface area contributed by atoms with E-state index in [2.05, 4.69) is 9.97 Å². The smallest absolute Gasteiger partial charge is 0.175 e. The molecule has 6 heteroatoms. The third-order valence-corrected chi connectivity index (χ3v) is 5.35. The minimum absolute atomic E-state index is 0.0471. The molecule has 0 fully saturated rings. The number of carbonyl (C=O) groups excluding carboxylic acids is 1. The normalized spacial score (nSPS) is 12.5. The summed E-state index contributed by atoms with van der Waals surface area (Å²) in [5.41, 5.74) is 1.54. The van der Waals surface area contributed by atoms with Crippen molar-refractivity contribution in [2.75, 3.05) is 0 Å². The SMILES string of the molecule is C[C@H](Sc1ncnc2ccsc12)C(=O)c1cccc(Cl)c1. The second kappa shape index (κ2) is 6.13. The molecule has 0 aliphatic carbocycles. The average molecular weight is 335 g/mol. The van der Waals surface area contributed by atoms with E-state index in [1.165, 1.54) is 18.1 Å². The predicted molar refractivity (Wildman–Crippen MR) is 88.5 cm³/mol. The Kier molecular flexibility index (Phi) is 4.24. The molecule has 0 saturated carbocycles. The molecule has 3 aromatic rings. The highest BCUT2D eigenvalue weighted by Gasteiger charge is 2.19. The molecule has 2 aromatic heterocycles. The zero-order valence-corrected chi connectivity index (χ0v) is 13.5. The Labute approximate surface area is 135 Å². The van der Waals surface area contributed by atoms with Gasteiger partial charge in [-0.1, -0.05) is 35.5 Å². The van der Waals surface area contributed by atoms with Crippen molar-refractivity contribution in [2.45, 2.75) is 17.2 Å². The van der Waals surface area contributed by atoms with Crippen LogP contribution in [0.3, 0.4) is 0 Å². The van der Waals surface area contributed by atoms with Crippen LogP contribution in [0.25, 0.3) is 10.2 Å². The number of benzene rings is 1. The molecular weight excluding hydrogens is 324 g/mol. The topological polar surface area (TPSA) is 42.9 Å². The second-order valence-corrected chi connectivity index (χ2v) is 7.13. The van der Waals surface area contributed by atoms with E-state index in [1.807, 2.05) is 18.4 Å². The number of hydrogen-bond donors (Lipinski definition) is 0. The third-order valence-electron chi connectivity index (χ3n) is 2.98. The number of aromatic nitrogens is 2. The van der Waals surface area contributed by atoms with Crippen LogP contribution >= 0.6 is 34.7 Å². The van der Waals surface area contributed by atoms with Crippen LogP contribution in [0.2, 0.25) is 5.02 Å². The highest BCUT2D eigenvalue weighted by molar-refractivity contribution is 8.00. The first-order valence-corrected chi connectivity index (χ1v) is 8.43. The molecule has 106 valence electrons. The minimum atomic E-state index is -0.233. The molecule has 0 aliphatic heterocycles. The van der Waals surface area contributed by atoms with Crippen molar-refractivity contribution in [3.63, 3.8) is 0 Å². The predicted octanol–water partition coefficient (Wildman–Crippen LogP) is 4.71. The van der Waals surface area contributed by atoms with Crippen LogP contribution in [0.5, 0.6) is 0 Å². The summed E-state index contributed by atoms with van der Waals surface area (Å²) in [6.07, 6.45) is 1.54. The van der Waals surface area contributed by atoms with E-state index < -0.39 is 0 Å². The van der Waals surface area contributed by atoms with Gasteiger partial charge in [-0.3, -0.25) is 4.79 Å². The quantitative estimate of drug-likeness (QED) is 0.394. The molecule has 0 spiro atoms. The number of halogens is 1. The Bertz CT molecular complexity index is 803. The van der Waals surface area contributed by atoms with Crippen molar-refractivity contribution in [3.05, 3.63) is 52.6 Å². The fourth-order valence-electron chi connectivity index (χ4n) is 1.95. The molecule has 0 saturated heterocycles. The molecule has 2 heterocycles. The van der Waals surface area contributed by atoms with Crippen molar-refractivity contribution in [1.29, 1.82) is 0 Å². The van der Waals surface area contributed by atoms with Gasteiger partial charge in [-0.25, -0.2) is 9.97 Å². The lowest BCUT2D eigenvalue weighted by Crippen LogP contribution is -2.13. The Balaban J connectivity index is 1.84. The van der Waals surface area contributed by atoms with Gasteiger partial charge in [0.2, 0.25) is 0 Å². The molecule has 3 nitrogen and oxygen atoms in total. The number of Topliss-reactive ketones (excluding diaryl/α,β-unsaturated/α-hetero) is 1. The van der Waals surface area contributed by atoms with Crippen LogP contribution in [-0.4, -0.2) is 21.0 Å². The number of thiophene rings is 1. The first-order chi connectivity index (χ1) is 10.1. The average Bonchev–Trinajstić information content (AvgIpc) is 2.96.